The number of hydrogen-bond acceptors (Lipinski definition) is 6. The first-order chi connectivity index (χ1) is 13.1. The fourth-order valence-electron chi connectivity index (χ4n) is 2.38. The predicted octanol–water partition coefficient (Wildman–Crippen LogP) is 4.48. The number of ether oxygens (including phenoxy) is 2. The second kappa shape index (κ2) is 8.79. The van der Waals surface area contributed by atoms with Gasteiger partial charge in [0.05, 0.1) is 11.0 Å². The molecule has 8 nitrogen and oxygen atoms in total. The molecule has 0 fully saturated rings. The smallest absolute Gasteiger partial charge is 0.408 e. The Morgan fingerprint density at radius 1 is 1.29 bits per heavy atom. The van der Waals surface area contributed by atoms with Crippen LogP contribution in [-0.4, -0.2) is 23.2 Å². The molecule has 2 rings (SSSR count). The minimum Gasteiger partial charge on any atom is -0.491 e. The molecule has 0 unspecified atom stereocenters. The first-order valence-electron chi connectivity index (χ1n) is 8.47. The highest BCUT2D eigenvalue weighted by atomic mass is 35.5. The minimum absolute atomic E-state index is 0.0141. The number of nitro benzene ring substituents is 1. The number of amides is 1. The Bertz CT molecular complexity index is 867. The van der Waals surface area contributed by atoms with Gasteiger partial charge in [0, 0.05) is 17.2 Å². The molecular formula is C19H22ClN3O5. The van der Waals surface area contributed by atoms with Crippen LogP contribution in [-0.2, 0) is 4.74 Å². The maximum absolute atomic E-state index is 12.2. The van der Waals surface area contributed by atoms with Crippen LogP contribution in [0.5, 0.6) is 5.75 Å². The number of carbonyl (C=O) groups excluding carboxylic acids is 1. The third-order valence-electron chi connectivity index (χ3n) is 3.58. The summed E-state index contributed by atoms with van der Waals surface area (Å²) < 4.78 is 11.0. The lowest BCUT2D eigenvalue weighted by atomic mass is 10.1. The van der Waals surface area contributed by atoms with Crippen LogP contribution in [0.1, 0.15) is 32.4 Å². The number of rotatable bonds is 6. The summed E-state index contributed by atoms with van der Waals surface area (Å²) in [6, 6.07) is 10.5. The van der Waals surface area contributed by atoms with E-state index in [9.17, 15) is 14.9 Å². The van der Waals surface area contributed by atoms with Crippen LogP contribution in [0.15, 0.2) is 42.5 Å². The molecule has 2 aromatic rings. The predicted molar refractivity (Wildman–Crippen MR) is 107 cm³/mol. The molecule has 2 aromatic carbocycles. The van der Waals surface area contributed by atoms with Crippen molar-refractivity contribution in [1.29, 1.82) is 0 Å². The van der Waals surface area contributed by atoms with Crippen molar-refractivity contribution in [3.8, 4) is 5.75 Å². The van der Waals surface area contributed by atoms with Crippen molar-refractivity contribution in [2.75, 3.05) is 12.3 Å². The average molecular weight is 408 g/mol. The standard InChI is InChI=1S/C19H22ClN3O5/c1-19(2,3)28-18(24)22-16(13-6-4-5-7-14(13)20)11-27-12-8-9-17(23(25)26)15(21)10-12/h4-10,16H,11,21H2,1-3H3,(H,22,24)/t16-/m0/s1. The van der Waals surface area contributed by atoms with Gasteiger partial charge < -0.3 is 20.5 Å². The van der Waals surface area contributed by atoms with Crippen molar-refractivity contribution >= 4 is 29.1 Å². The summed E-state index contributed by atoms with van der Waals surface area (Å²) in [5, 5.41) is 14.1. The van der Waals surface area contributed by atoms with Gasteiger partial charge in [-0.3, -0.25) is 10.1 Å². The zero-order valence-corrected chi connectivity index (χ0v) is 16.5. The maximum atomic E-state index is 12.2. The number of nitrogen functional groups attached to an aromatic ring is 1. The van der Waals surface area contributed by atoms with Gasteiger partial charge in [-0.25, -0.2) is 4.79 Å². The molecule has 150 valence electrons. The van der Waals surface area contributed by atoms with E-state index in [1.165, 1.54) is 18.2 Å². The number of hydrogen-bond donors (Lipinski definition) is 2. The van der Waals surface area contributed by atoms with Crippen LogP contribution in [0.2, 0.25) is 5.02 Å². The molecule has 0 bridgehead atoms. The number of benzene rings is 2. The molecule has 0 aliphatic carbocycles. The van der Waals surface area contributed by atoms with Gasteiger partial charge >= 0.3 is 6.09 Å². The van der Waals surface area contributed by atoms with Gasteiger partial charge in [0.2, 0.25) is 0 Å². The number of halogens is 1. The lowest BCUT2D eigenvalue weighted by Gasteiger charge is -2.24. The van der Waals surface area contributed by atoms with Crippen molar-refractivity contribution in [1.82, 2.24) is 5.32 Å². The molecule has 0 saturated carbocycles. The van der Waals surface area contributed by atoms with Gasteiger partial charge in [-0.1, -0.05) is 29.8 Å². The van der Waals surface area contributed by atoms with E-state index in [0.717, 1.165) is 0 Å². The third kappa shape index (κ3) is 6.02. The molecule has 0 radical (unpaired) electrons. The molecule has 0 spiro atoms. The number of nitrogens with zero attached hydrogens (tertiary/aromatic N) is 1. The Morgan fingerprint density at radius 2 is 1.96 bits per heavy atom. The fraction of sp³-hybridized carbons (Fsp3) is 0.316. The van der Waals surface area contributed by atoms with E-state index < -0.39 is 22.7 Å². The highest BCUT2D eigenvalue weighted by Gasteiger charge is 2.23. The number of anilines is 1. The van der Waals surface area contributed by atoms with E-state index in [-0.39, 0.29) is 18.0 Å². The highest BCUT2D eigenvalue weighted by molar-refractivity contribution is 6.31. The van der Waals surface area contributed by atoms with Crippen LogP contribution in [0, 0.1) is 10.1 Å². The molecule has 1 atom stereocenters. The summed E-state index contributed by atoms with van der Waals surface area (Å²) in [4.78, 5) is 22.5. The highest BCUT2D eigenvalue weighted by Crippen LogP contribution is 2.28. The lowest BCUT2D eigenvalue weighted by Crippen LogP contribution is -2.37. The van der Waals surface area contributed by atoms with Crippen molar-refractivity contribution in [2.24, 2.45) is 0 Å². The van der Waals surface area contributed by atoms with Gasteiger partial charge in [-0.05, 0) is 38.5 Å². The van der Waals surface area contributed by atoms with Crippen molar-refractivity contribution in [3.63, 3.8) is 0 Å². The van der Waals surface area contributed by atoms with Gasteiger partial charge in [0.15, 0.2) is 0 Å². The monoisotopic (exact) mass is 407 g/mol. The molecule has 0 aliphatic rings. The zero-order chi connectivity index (χ0) is 20.9. The minimum atomic E-state index is -0.664. The summed E-state index contributed by atoms with van der Waals surface area (Å²) in [6.07, 6.45) is -0.621. The van der Waals surface area contributed by atoms with E-state index in [1.807, 2.05) is 0 Å². The maximum Gasteiger partial charge on any atom is 0.408 e. The van der Waals surface area contributed by atoms with Crippen molar-refractivity contribution < 1.29 is 19.2 Å². The molecule has 0 heterocycles. The summed E-state index contributed by atoms with van der Waals surface area (Å²) in [5.74, 6) is 0.325. The average Bonchev–Trinajstić information content (AvgIpc) is 2.57. The van der Waals surface area contributed by atoms with Crippen molar-refractivity contribution in [3.05, 3.63) is 63.2 Å². The summed E-state index contributed by atoms with van der Waals surface area (Å²) in [5.41, 5.74) is 5.44. The molecule has 28 heavy (non-hydrogen) atoms. The summed E-state index contributed by atoms with van der Waals surface area (Å²) in [7, 11) is 0. The van der Waals surface area contributed by atoms with Gasteiger partial charge in [-0.15, -0.1) is 0 Å². The van der Waals surface area contributed by atoms with Gasteiger partial charge in [0.1, 0.15) is 23.6 Å². The Morgan fingerprint density at radius 3 is 2.54 bits per heavy atom. The lowest BCUT2D eigenvalue weighted by molar-refractivity contribution is -0.383. The number of nitrogens with one attached hydrogen (secondary N) is 1. The number of carbonyl (C=O) groups is 1. The first-order valence-corrected chi connectivity index (χ1v) is 8.85. The zero-order valence-electron chi connectivity index (χ0n) is 15.8. The second-order valence-corrected chi connectivity index (χ2v) is 7.42. The third-order valence-corrected chi connectivity index (χ3v) is 3.93. The Balaban J connectivity index is 2.18. The normalized spacial score (nSPS) is 12.1. The number of nitrogens with two attached hydrogens (primary N) is 1. The quantitative estimate of drug-likeness (QED) is 0.414. The van der Waals surface area contributed by atoms with Crippen LogP contribution >= 0.6 is 11.6 Å². The number of nitro groups is 1. The van der Waals surface area contributed by atoms with Gasteiger partial charge in [0.25, 0.3) is 5.69 Å². The molecule has 0 aromatic heterocycles. The van der Waals surface area contributed by atoms with Crippen LogP contribution < -0.4 is 15.8 Å². The Hall–Kier alpha value is -3.00. The van der Waals surface area contributed by atoms with Crippen LogP contribution in [0.25, 0.3) is 0 Å². The van der Waals surface area contributed by atoms with Gasteiger partial charge in [-0.2, -0.15) is 0 Å². The van der Waals surface area contributed by atoms with E-state index in [4.69, 9.17) is 26.8 Å². The van der Waals surface area contributed by atoms with Crippen LogP contribution in [0.4, 0.5) is 16.2 Å². The second-order valence-electron chi connectivity index (χ2n) is 7.01. The van der Waals surface area contributed by atoms with E-state index in [1.54, 1.807) is 45.0 Å². The summed E-state index contributed by atoms with van der Waals surface area (Å²) in [6.45, 7) is 5.29. The van der Waals surface area contributed by atoms with Crippen LogP contribution in [0.3, 0.4) is 0 Å². The van der Waals surface area contributed by atoms with E-state index >= 15 is 0 Å². The van der Waals surface area contributed by atoms with E-state index in [0.29, 0.717) is 16.3 Å². The Kier molecular flexibility index (Phi) is 6.69. The molecule has 3 N–H and O–H groups in total. The van der Waals surface area contributed by atoms with Crippen molar-refractivity contribution in [2.45, 2.75) is 32.4 Å². The fourth-order valence-corrected chi connectivity index (χ4v) is 2.65. The van der Waals surface area contributed by atoms with E-state index in [2.05, 4.69) is 5.32 Å². The Labute approximate surface area is 167 Å². The molecule has 0 saturated heterocycles. The molecule has 0 aliphatic heterocycles. The topological polar surface area (TPSA) is 117 Å². The summed E-state index contributed by atoms with van der Waals surface area (Å²) >= 11 is 6.26. The molecular weight excluding hydrogens is 386 g/mol. The first kappa shape index (κ1) is 21.3. The molecule has 9 heteroatoms. The molecule has 1 amide bonds. The number of alkyl carbamates (subject to hydrolysis) is 1. The largest absolute Gasteiger partial charge is 0.491 e. The SMILES string of the molecule is CC(C)(C)OC(=O)N[C@@H](COc1ccc([N+](=O)[O-])c(N)c1)c1ccccc1Cl.